The van der Waals surface area contributed by atoms with Gasteiger partial charge in [0.25, 0.3) is 11.5 Å². The third kappa shape index (κ3) is 8.56. The number of ether oxygens (including phenoxy) is 1. The number of anilines is 4. The molecular formula is C42H51ClN12O6. The van der Waals surface area contributed by atoms with Crippen LogP contribution in [0.25, 0.3) is 21.9 Å². The highest BCUT2D eigenvalue weighted by Gasteiger charge is 2.34. The zero-order chi connectivity index (χ0) is 42.9. The summed E-state index contributed by atoms with van der Waals surface area (Å²) < 4.78 is 8.98. The summed E-state index contributed by atoms with van der Waals surface area (Å²) >= 11 is 6.61. The molecule has 8 rings (SSSR count). The van der Waals surface area contributed by atoms with Gasteiger partial charge < -0.3 is 30.3 Å². The number of carbonyl (C=O) groups is 3. The van der Waals surface area contributed by atoms with Gasteiger partial charge in [-0.25, -0.2) is 9.97 Å². The van der Waals surface area contributed by atoms with Crippen molar-refractivity contribution in [3.63, 3.8) is 0 Å². The molecule has 0 bridgehead atoms. The van der Waals surface area contributed by atoms with Gasteiger partial charge in [0, 0.05) is 76.6 Å². The van der Waals surface area contributed by atoms with Crippen LogP contribution in [0.5, 0.6) is 5.75 Å². The Morgan fingerprint density at radius 2 is 1.85 bits per heavy atom. The molecule has 3 saturated heterocycles. The highest BCUT2D eigenvalue weighted by atomic mass is 35.5. The number of para-hydroxylation sites is 1. The van der Waals surface area contributed by atoms with E-state index >= 15 is 0 Å². The third-order valence-corrected chi connectivity index (χ3v) is 12.3. The van der Waals surface area contributed by atoms with Crippen LogP contribution >= 0.6 is 11.6 Å². The summed E-state index contributed by atoms with van der Waals surface area (Å²) in [7, 11) is 3.41. The van der Waals surface area contributed by atoms with Crippen LogP contribution in [0.1, 0.15) is 57.2 Å². The molecule has 5 aromatic rings. The number of rotatable bonds is 12. The predicted molar refractivity (Wildman–Crippen MR) is 232 cm³/mol. The van der Waals surface area contributed by atoms with E-state index in [9.17, 15) is 24.3 Å². The first-order valence-electron chi connectivity index (χ1n) is 20.7. The van der Waals surface area contributed by atoms with Crippen molar-refractivity contribution in [3.8, 4) is 5.75 Å². The number of benzene rings is 1. The third-order valence-electron chi connectivity index (χ3n) is 12.0. The fourth-order valence-corrected chi connectivity index (χ4v) is 8.93. The van der Waals surface area contributed by atoms with Gasteiger partial charge in [-0.15, -0.1) is 0 Å². The van der Waals surface area contributed by atoms with Gasteiger partial charge in [0.05, 0.1) is 53.5 Å². The SMILES string of the molecule is CNC(=O)COc1cc2cc(Nc3nc(N4CCN(CC5CCN(c6cccc7c(C8CCC(=O)NC8=O)nn(C)c67)CC5)[C@H](CO)C4)ncc3Cl)cnc2n(C(C)C)c1=O. The van der Waals surface area contributed by atoms with Gasteiger partial charge in [-0.2, -0.15) is 10.1 Å². The normalized spacial score (nSPS) is 19.2. The molecule has 1 unspecified atom stereocenters. The lowest BCUT2D eigenvalue weighted by Crippen LogP contribution is -2.56. The van der Waals surface area contributed by atoms with Crippen molar-refractivity contribution in [1.82, 2.24) is 44.8 Å². The molecule has 3 aliphatic rings. The van der Waals surface area contributed by atoms with Gasteiger partial charge in [-0.1, -0.05) is 23.7 Å². The minimum absolute atomic E-state index is 0.00886. The number of nitrogens with zero attached hydrogens (tertiary/aromatic N) is 9. The van der Waals surface area contributed by atoms with E-state index in [0.29, 0.717) is 71.1 Å². The summed E-state index contributed by atoms with van der Waals surface area (Å²) in [6.07, 6.45) is 5.90. The van der Waals surface area contributed by atoms with Crippen molar-refractivity contribution >= 4 is 74.4 Å². The molecule has 4 aromatic heterocycles. The van der Waals surface area contributed by atoms with Gasteiger partial charge in [-0.05, 0) is 57.2 Å². The molecule has 7 heterocycles. The van der Waals surface area contributed by atoms with E-state index in [1.807, 2.05) is 43.8 Å². The number of aliphatic hydroxyl groups excluding tert-OH is 1. The van der Waals surface area contributed by atoms with Crippen molar-refractivity contribution in [2.45, 2.75) is 57.5 Å². The van der Waals surface area contributed by atoms with Crippen LogP contribution in [-0.2, 0) is 21.4 Å². The first kappa shape index (κ1) is 41.9. The first-order valence-corrected chi connectivity index (χ1v) is 21.1. The maximum Gasteiger partial charge on any atom is 0.294 e. The topological polar surface area (TPSA) is 205 Å². The van der Waals surface area contributed by atoms with E-state index in [0.717, 1.165) is 55.6 Å². The van der Waals surface area contributed by atoms with Crippen LogP contribution < -0.4 is 36.0 Å². The van der Waals surface area contributed by atoms with Gasteiger partial charge in [0.15, 0.2) is 18.2 Å². The Labute approximate surface area is 357 Å². The average molecular weight is 855 g/mol. The number of nitrogens with one attached hydrogen (secondary N) is 3. The minimum atomic E-state index is -0.450. The second-order valence-electron chi connectivity index (χ2n) is 16.3. The smallest absolute Gasteiger partial charge is 0.294 e. The van der Waals surface area contributed by atoms with Crippen LogP contribution in [0.4, 0.5) is 23.1 Å². The maximum absolute atomic E-state index is 13.2. The molecule has 4 N–H and O–H groups in total. The zero-order valence-corrected chi connectivity index (χ0v) is 35.5. The number of hydrogen-bond acceptors (Lipinski definition) is 14. The van der Waals surface area contributed by atoms with E-state index in [4.69, 9.17) is 26.4 Å². The zero-order valence-electron chi connectivity index (χ0n) is 34.7. The van der Waals surface area contributed by atoms with Gasteiger partial charge in [-0.3, -0.25) is 38.6 Å². The number of carbonyl (C=O) groups excluding carboxylic acids is 3. The largest absolute Gasteiger partial charge is 0.478 e. The number of fused-ring (bicyclic) bond motifs is 2. The van der Waals surface area contributed by atoms with E-state index in [-0.39, 0.29) is 54.3 Å². The molecule has 61 heavy (non-hydrogen) atoms. The lowest BCUT2D eigenvalue weighted by atomic mass is 9.92. The number of aliphatic hydroxyl groups is 1. The summed E-state index contributed by atoms with van der Waals surface area (Å²) in [4.78, 5) is 70.4. The highest BCUT2D eigenvalue weighted by Crippen LogP contribution is 2.36. The summed E-state index contributed by atoms with van der Waals surface area (Å²) in [6.45, 7) is 7.99. The Morgan fingerprint density at radius 1 is 1.05 bits per heavy atom. The highest BCUT2D eigenvalue weighted by molar-refractivity contribution is 6.33. The van der Waals surface area contributed by atoms with Crippen LogP contribution in [0.2, 0.25) is 5.02 Å². The van der Waals surface area contributed by atoms with Gasteiger partial charge >= 0.3 is 0 Å². The lowest BCUT2D eigenvalue weighted by molar-refractivity contribution is -0.134. The molecule has 3 amide bonds. The molecule has 0 spiro atoms. The maximum atomic E-state index is 13.2. The molecule has 0 radical (unpaired) electrons. The molecule has 3 fully saturated rings. The van der Waals surface area contributed by atoms with Gasteiger partial charge in [0.2, 0.25) is 17.8 Å². The number of piperidine rings is 2. The Kier molecular flexibility index (Phi) is 12.1. The number of aromatic nitrogens is 6. The van der Waals surface area contributed by atoms with E-state index in [1.165, 1.54) is 11.6 Å². The number of halogens is 1. The monoisotopic (exact) mass is 854 g/mol. The first-order chi connectivity index (χ1) is 29.4. The van der Waals surface area contributed by atoms with Crippen molar-refractivity contribution in [2.24, 2.45) is 13.0 Å². The second kappa shape index (κ2) is 17.6. The van der Waals surface area contributed by atoms with E-state index in [2.05, 4.69) is 46.7 Å². The molecular weight excluding hydrogens is 804 g/mol. The lowest BCUT2D eigenvalue weighted by Gasteiger charge is -2.43. The Bertz CT molecular complexity index is 2540. The summed E-state index contributed by atoms with van der Waals surface area (Å²) in [5.74, 6) is 0.0216. The average Bonchev–Trinajstić information content (AvgIpc) is 3.59. The predicted octanol–water partition coefficient (Wildman–Crippen LogP) is 3.10. The number of amides is 3. The number of piperazine rings is 1. The van der Waals surface area contributed by atoms with E-state index < -0.39 is 5.92 Å². The Hall–Kier alpha value is -5.85. The van der Waals surface area contributed by atoms with Crippen LogP contribution in [-0.4, -0.2) is 123 Å². The molecule has 322 valence electrons. The summed E-state index contributed by atoms with van der Waals surface area (Å²) in [6, 6.07) is 9.21. The van der Waals surface area contributed by atoms with Crippen LogP contribution in [0, 0.1) is 5.92 Å². The molecule has 0 saturated carbocycles. The van der Waals surface area contributed by atoms with Crippen molar-refractivity contribution < 1.29 is 24.2 Å². The van der Waals surface area contributed by atoms with Crippen molar-refractivity contribution in [1.29, 1.82) is 0 Å². The quantitative estimate of drug-likeness (QED) is 0.133. The van der Waals surface area contributed by atoms with Crippen LogP contribution in [0.15, 0.2) is 47.5 Å². The molecule has 19 heteroatoms. The number of hydrogen-bond donors (Lipinski definition) is 4. The standard InChI is InChI=1S/C42H51ClN12O6/c1-24(2)55-39-26(17-33(41(55)60)61-23-35(58)44-3)16-27(18-45-39)47-38-31(43)19-46-42(49-38)54-15-14-53(28(21-54)22-56)20-25-10-12-52(13-11-25)32-7-5-6-29-36(50-51(4)37(29)32)30-8-9-34(57)48-40(30)59/h5-7,16-19,24-25,28,30,56H,8-15,20-23H2,1-4H3,(H,44,58)(H,46,47,49)(H,48,57,59)/t28-,30?/m0/s1. The Balaban J connectivity index is 0.909. The van der Waals surface area contributed by atoms with Crippen molar-refractivity contribution in [2.75, 3.05) is 74.6 Å². The minimum Gasteiger partial charge on any atom is -0.478 e. The molecule has 3 aliphatic heterocycles. The molecule has 2 atom stereocenters. The molecule has 0 aliphatic carbocycles. The summed E-state index contributed by atoms with van der Waals surface area (Å²) in [5.41, 5.74) is 3.46. The van der Waals surface area contributed by atoms with Crippen molar-refractivity contribution in [3.05, 3.63) is 63.8 Å². The molecule has 1 aromatic carbocycles. The Morgan fingerprint density at radius 3 is 2.59 bits per heavy atom. The summed E-state index contributed by atoms with van der Waals surface area (Å²) in [5, 5.41) is 25.5. The number of likely N-dealkylation sites (N-methyl/N-ethyl adjacent to an activating group) is 1. The van der Waals surface area contributed by atoms with Gasteiger partial charge in [0.1, 0.15) is 10.7 Å². The number of pyridine rings is 2. The van der Waals surface area contributed by atoms with Crippen LogP contribution in [0.3, 0.4) is 0 Å². The number of aryl methyl sites for hydroxylation is 1. The van der Waals surface area contributed by atoms with E-state index in [1.54, 1.807) is 18.5 Å². The molecule has 18 nitrogen and oxygen atoms in total. The fourth-order valence-electron chi connectivity index (χ4n) is 8.79. The second-order valence-corrected chi connectivity index (χ2v) is 16.7. The fraction of sp³-hybridized carbons (Fsp3) is 0.476. The number of imide groups is 1.